The number of methoxy groups -OCH3 is 1. The Balaban J connectivity index is 1.36. The van der Waals surface area contributed by atoms with Crippen molar-refractivity contribution in [3.63, 3.8) is 0 Å². The summed E-state index contributed by atoms with van der Waals surface area (Å²) in [6, 6.07) is 9.43. The van der Waals surface area contributed by atoms with Gasteiger partial charge >= 0.3 is 0 Å². The van der Waals surface area contributed by atoms with Crippen LogP contribution in [0.25, 0.3) is 22.0 Å². The van der Waals surface area contributed by atoms with Crippen molar-refractivity contribution in [1.29, 1.82) is 0 Å². The van der Waals surface area contributed by atoms with Crippen molar-refractivity contribution in [2.75, 3.05) is 13.7 Å². The number of hydrogen-bond acceptors (Lipinski definition) is 7. The summed E-state index contributed by atoms with van der Waals surface area (Å²) in [6.07, 6.45) is -3.64. The zero-order valence-corrected chi connectivity index (χ0v) is 32.6. The molecule has 0 amide bonds. The van der Waals surface area contributed by atoms with Gasteiger partial charge in [0.05, 0.1) is 35.0 Å². The van der Waals surface area contributed by atoms with E-state index in [1.54, 1.807) is 36.0 Å². The quantitative estimate of drug-likeness (QED) is 0.0889. The maximum absolute atomic E-state index is 15.4. The number of ether oxygens (including phenoxy) is 1. The molecule has 0 aliphatic heterocycles. The molecule has 1 saturated carbocycles. The molecule has 16 heteroatoms. The van der Waals surface area contributed by atoms with Gasteiger partial charge in [0.25, 0.3) is 12.3 Å². The van der Waals surface area contributed by atoms with Crippen LogP contribution < -0.4 is 0 Å². The molecule has 58 heavy (non-hydrogen) atoms. The number of carbonyl (C=O) groups excluding carboxylic acids is 2. The third-order valence-electron chi connectivity index (χ3n) is 10.4. The van der Waals surface area contributed by atoms with Crippen molar-refractivity contribution in [1.82, 2.24) is 24.5 Å². The number of halogens is 7. The number of nitrogens with zero attached hydrogens (tertiary/aromatic N) is 5. The second-order valence-electron chi connectivity index (χ2n) is 15.4. The molecule has 7 rings (SSSR count). The van der Waals surface area contributed by atoms with Crippen molar-refractivity contribution >= 4 is 34.1 Å². The van der Waals surface area contributed by atoms with Crippen molar-refractivity contribution < 1.29 is 45.8 Å². The lowest BCUT2D eigenvalue weighted by Crippen LogP contribution is -2.24. The number of ketones is 2. The normalized spacial score (nSPS) is 17.3. The fourth-order valence-corrected chi connectivity index (χ4v) is 8.22. The highest BCUT2D eigenvalue weighted by Crippen LogP contribution is 2.68. The molecular formula is C42H38ClF6N5O4. The largest absolute Gasteiger partial charge is 0.384 e. The summed E-state index contributed by atoms with van der Waals surface area (Å²) in [7, 11) is 3.15. The predicted octanol–water partition coefficient (Wildman–Crippen LogP) is 8.17. The fourth-order valence-electron chi connectivity index (χ4n) is 7.95. The van der Waals surface area contributed by atoms with Crippen LogP contribution in [0.2, 0.25) is 5.02 Å². The van der Waals surface area contributed by atoms with Gasteiger partial charge in [-0.15, -0.1) is 0 Å². The van der Waals surface area contributed by atoms with Crippen LogP contribution in [0, 0.1) is 29.4 Å². The Morgan fingerprint density at radius 3 is 2.43 bits per heavy atom. The Morgan fingerprint density at radius 2 is 1.76 bits per heavy atom. The SMILES string of the molecule is COCCC(=O)Cc1nn(C)c2c(-c3ccc(C#CC(C)(C)O)nc3[C@@H](CC(=O)Cn3nc(C(F)F)c4c3C(F)(F)[C@@H]3C[C@H]43)Cc3cc(F)cc(F)c3)ccc(Cl)c12. The Kier molecular flexibility index (Phi) is 11.1. The minimum atomic E-state index is -3.46. The zero-order valence-electron chi connectivity index (χ0n) is 31.9. The van der Waals surface area contributed by atoms with Crippen LogP contribution in [0.15, 0.2) is 42.5 Å². The number of benzene rings is 2. The van der Waals surface area contributed by atoms with Crippen LogP contribution in [-0.2, 0) is 46.7 Å². The minimum absolute atomic E-state index is 0.0480. The Labute approximate surface area is 334 Å². The van der Waals surface area contributed by atoms with Gasteiger partial charge in [-0.3, -0.25) is 19.0 Å². The number of carbonyl (C=O) groups is 2. The summed E-state index contributed by atoms with van der Waals surface area (Å²) in [5, 5.41) is 19.6. The summed E-state index contributed by atoms with van der Waals surface area (Å²) >= 11 is 6.74. The maximum atomic E-state index is 15.4. The molecule has 5 aromatic rings. The highest BCUT2D eigenvalue weighted by molar-refractivity contribution is 6.36. The van der Waals surface area contributed by atoms with E-state index in [9.17, 15) is 32.3 Å². The Hall–Kier alpha value is -5.04. The van der Waals surface area contributed by atoms with Gasteiger partial charge in [0, 0.05) is 67.0 Å². The average Bonchev–Trinajstić information content (AvgIpc) is 3.68. The smallest absolute Gasteiger partial charge is 0.293 e. The average molecular weight is 826 g/mol. The number of hydrogen-bond donors (Lipinski definition) is 1. The molecule has 1 N–H and O–H groups in total. The number of pyridine rings is 1. The molecular weight excluding hydrogens is 788 g/mol. The monoisotopic (exact) mass is 825 g/mol. The number of fused-ring (bicyclic) bond motifs is 4. The van der Waals surface area contributed by atoms with Gasteiger partial charge < -0.3 is 9.84 Å². The molecule has 304 valence electrons. The summed E-state index contributed by atoms with van der Waals surface area (Å²) in [4.78, 5) is 31.7. The number of aryl methyl sites for hydroxylation is 1. The fraction of sp³-hybridized carbons (Fsp3) is 0.405. The highest BCUT2D eigenvalue weighted by atomic mass is 35.5. The molecule has 0 unspecified atom stereocenters. The summed E-state index contributed by atoms with van der Waals surface area (Å²) in [6.45, 7) is 2.38. The molecule has 0 spiro atoms. The van der Waals surface area contributed by atoms with Crippen LogP contribution in [0.4, 0.5) is 26.3 Å². The van der Waals surface area contributed by atoms with Crippen molar-refractivity contribution in [3.05, 3.63) is 98.7 Å². The molecule has 1 fully saturated rings. The van der Waals surface area contributed by atoms with Gasteiger partial charge in [-0.2, -0.15) is 19.0 Å². The molecule has 0 bridgehead atoms. The molecule has 2 aliphatic carbocycles. The van der Waals surface area contributed by atoms with E-state index in [0.29, 0.717) is 43.5 Å². The van der Waals surface area contributed by atoms with Crippen LogP contribution >= 0.6 is 11.6 Å². The number of Topliss-reactive ketones (excluding diaryl/α,β-unsaturated/α-hetero) is 2. The van der Waals surface area contributed by atoms with Crippen LogP contribution in [0.3, 0.4) is 0 Å². The highest BCUT2D eigenvalue weighted by Gasteiger charge is 2.67. The first-order chi connectivity index (χ1) is 27.4. The van der Waals surface area contributed by atoms with Gasteiger partial charge in [-0.05, 0) is 74.4 Å². The maximum Gasteiger partial charge on any atom is 0.293 e. The predicted molar refractivity (Wildman–Crippen MR) is 202 cm³/mol. The molecule has 2 aromatic carbocycles. The first-order valence-corrected chi connectivity index (χ1v) is 18.9. The van der Waals surface area contributed by atoms with Gasteiger partial charge in [0.1, 0.15) is 46.6 Å². The van der Waals surface area contributed by atoms with Crippen LogP contribution in [-0.4, -0.2) is 60.5 Å². The second kappa shape index (κ2) is 15.6. The van der Waals surface area contributed by atoms with E-state index in [4.69, 9.17) is 21.3 Å². The topological polar surface area (TPSA) is 112 Å². The zero-order chi connectivity index (χ0) is 41.8. The standard InChI is InChI=1S/C42H38ClF6N5O4/c1-41(2,57)11-9-25-5-6-28(29-7-8-32(43)35-33(51-53(3)38(29)35)18-26(55)10-12-58-4)36(50-25)22(13-21-14-23(44)17-24(45)15-21)16-27(56)20-54-39-34(37(52-54)40(46)47)30-19-31(30)42(39,48)49/h5-8,14-15,17,22,30-31,40,57H,10,12-13,16,18-20H2,1-4H3/t22-,30+,31-/m1/s1. The number of alkyl halides is 4. The molecule has 2 aliphatic rings. The minimum Gasteiger partial charge on any atom is -0.384 e. The van der Waals surface area contributed by atoms with Gasteiger partial charge in [-0.1, -0.05) is 23.6 Å². The van der Waals surface area contributed by atoms with E-state index >= 15 is 8.78 Å². The van der Waals surface area contributed by atoms with E-state index in [1.807, 2.05) is 0 Å². The third kappa shape index (κ3) is 8.15. The first-order valence-electron chi connectivity index (χ1n) is 18.5. The summed E-state index contributed by atoms with van der Waals surface area (Å²) in [5.41, 5.74) is -0.789. The van der Waals surface area contributed by atoms with Crippen LogP contribution in [0.5, 0.6) is 0 Å². The number of aromatic nitrogens is 5. The van der Waals surface area contributed by atoms with Gasteiger partial charge in [-0.25, -0.2) is 22.5 Å². The summed E-state index contributed by atoms with van der Waals surface area (Å²) < 4.78 is 95.5. The van der Waals surface area contributed by atoms with E-state index in [0.717, 1.165) is 12.1 Å². The molecule has 3 atom stereocenters. The number of rotatable bonds is 14. The third-order valence-corrected chi connectivity index (χ3v) is 10.7. The first kappa shape index (κ1) is 41.1. The molecule has 0 radical (unpaired) electrons. The van der Waals surface area contributed by atoms with Gasteiger partial charge in [0.15, 0.2) is 5.78 Å². The Morgan fingerprint density at radius 1 is 1.05 bits per heavy atom. The van der Waals surface area contributed by atoms with E-state index in [2.05, 4.69) is 22.0 Å². The lowest BCUT2D eigenvalue weighted by atomic mass is 9.86. The van der Waals surface area contributed by atoms with Crippen molar-refractivity contribution in [3.8, 4) is 23.0 Å². The van der Waals surface area contributed by atoms with Gasteiger partial charge in [0.2, 0.25) is 0 Å². The number of aliphatic hydroxyl groups is 1. The second-order valence-corrected chi connectivity index (χ2v) is 15.8. The molecule has 0 saturated heterocycles. The van der Waals surface area contributed by atoms with E-state index in [-0.39, 0.29) is 60.6 Å². The lowest BCUT2D eigenvalue weighted by molar-refractivity contribution is -0.121. The molecule has 3 aromatic heterocycles. The molecule has 9 nitrogen and oxygen atoms in total. The molecule has 3 heterocycles. The summed E-state index contributed by atoms with van der Waals surface area (Å²) in [5.74, 6) is -3.46. The van der Waals surface area contributed by atoms with Crippen molar-refractivity contribution in [2.24, 2.45) is 13.0 Å². The van der Waals surface area contributed by atoms with E-state index in [1.165, 1.54) is 21.0 Å². The van der Waals surface area contributed by atoms with Crippen LogP contribution in [0.1, 0.15) is 91.0 Å². The lowest BCUT2D eigenvalue weighted by Gasteiger charge is -2.22. The van der Waals surface area contributed by atoms with E-state index < -0.39 is 77.5 Å². The van der Waals surface area contributed by atoms with Crippen molar-refractivity contribution in [2.45, 2.75) is 82.3 Å². The Bertz CT molecular complexity index is 2500.